The number of hydrogen-bond acceptors (Lipinski definition) is 3. The van der Waals surface area contributed by atoms with Gasteiger partial charge in [-0.05, 0) is 22.9 Å². The maximum Gasteiger partial charge on any atom is 0.0739 e. The number of rotatable bonds is 5. The zero-order valence-electron chi connectivity index (χ0n) is 10.3. The molecule has 0 aliphatic rings. The molecule has 5 heteroatoms. The zero-order valence-corrected chi connectivity index (χ0v) is 11.9. The van der Waals surface area contributed by atoms with E-state index in [4.69, 9.17) is 5.11 Å². The Labute approximate surface area is 105 Å². The summed E-state index contributed by atoms with van der Waals surface area (Å²) in [6.07, 6.45) is 0. The van der Waals surface area contributed by atoms with Crippen molar-refractivity contribution in [2.24, 2.45) is 12.5 Å². The molecule has 1 aromatic heterocycles. The summed E-state index contributed by atoms with van der Waals surface area (Å²) in [5.74, 6) is 0. The van der Waals surface area contributed by atoms with Crippen LogP contribution in [0.4, 0.5) is 0 Å². The molecular weight excluding hydrogens is 270 g/mol. The van der Waals surface area contributed by atoms with Gasteiger partial charge in [0.1, 0.15) is 0 Å². The molecule has 0 aliphatic carbocycles. The number of nitrogens with zero attached hydrogens (tertiary/aromatic N) is 2. The lowest BCUT2D eigenvalue weighted by Gasteiger charge is -2.21. The van der Waals surface area contributed by atoms with Crippen LogP contribution in [-0.2, 0) is 13.6 Å². The Balaban J connectivity index is 2.55. The highest BCUT2D eigenvalue weighted by Gasteiger charge is 2.16. The third kappa shape index (κ3) is 3.30. The Bertz CT molecular complexity index is 360. The van der Waals surface area contributed by atoms with Gasteiger partial charge in [-0.25, -0.2) is 0 Å². The maximum atomic E-state index is 9.14. The highest BCUT2D eigenvalue weighted by atomic mass is 79.9. The quantitative estimate of drug-likeness (QED) is 0.866. The summed E-state index contributed by atoms with van der Waals surface area (Å²) in [4.78, 5) is 0. The predicted molar refractivity (Wildman–Crippen MR) is 68.2 cm³/mol. The molecule has 0 spiro atoms. The maximum absolute atomic E-state index is 9.14. The van der Waals surface area contributed by atoms with E-state index in [1.807, 2.05) is 32.5 Å². The monoisotopic (exact) mass is 289 g/mol. The van der Waals surface area contributed by atoms with E-state index in [9.17, 15) is 0 Å². The van der Waals surface area contributed by atoms with Gasteiger partial charge in [-0.2, -0.15) is 5.10 Å². The van der Waals surface area contributed by atoms with Crippen molar-refractivity contribution >= 4 is 15.9 Å². The lowest BCUT2D eigenvalue weighted by atomic mass is 9.95. The normalized spacial score (nSPS) is 12.1. The van der Waals surface area contributed by atoms with Crippen LogP contribution in [0.25, 0.3) is 0 Å². The fourth-order valence-corrected chi connectivity index (χ4v) is 1.92. The number of aromatic nitrogens is 2. The van der Waals surface area contributed by atoms with Gasteiger partial charge in [0.25, 0.3) is 0 Å². The molecule has 0 atom stereocenters. The summed E-state index contributed by atoms with van der Waals surface area (Å²) in [5, 5.41) is 16.8. The molecule has 1 heterocycles. The van der Waals surface area contributed by atoms with Crippen LogP contribution in [-0.4, -0.2) is 28.0 Å². The number of nitrogens with one attached hydrogen (secondary N) is 1. The molecule has 1 rings (SSSR count). The minimum Gasteiger partial charge on any atom is -0.396 e. The van der Waals surface area contributed by atoms with Gasteiger partial charge in [-0.15, -0.1) is 0 Å². The van der Waals surface area contributed by atoms with E-state index in [0.29, 0.717) is 0 Å². The second kappa shape index (κ2) is 5.29. The van der Waals surface area contributed by atoms with Crippen molar-refractivity contribution in [3.63, 3.8) is 0 Å². The fourth-order valence-electron chi connectivity index (χ4n) is 1.45. The summed E-state index contributed by atoms with van der Waals surface area (Å²) in [6, 6.07) is 0. The summed E-state index contributed by atoms with van der Waals surface area (Å²) in [7, 11) is 1.94. The highest BCUT2D eigenvalue weighted by Crippen LogP contribution is 2.20. The van der Waals surface area contributed by atoms with Gasteiger partial charge in [0.05, 0.1) is 15.9 Å². The second-order valence-electron chi connectivity index (χ2n) is 4.90. The first kappa shape index (κ1) is 13.7. The third-order valence-corrected chi connectivity index (χ3v) is 3.62. The lowest BCUT2D eigenvalue weighted by Crippen LogP contribution is -2.32. The first-order valence-corrected chi connectivity index (χ1v) is 6.16. The van der Waals surface area contributed by atoms with E-state index in [1.54, 1.807) is 0 Å². The Morgan fingerprint density at radius 1 is 1.50 bits per heavy atom. The Hall–Kier alpha value is -0.390. The summed E-state index contributed by atoms with van der Waals surface area (Å²) >= 11 is 3.53. The van der Waals surface area contributed by atoms with E-state index in [-0.39, 0.29) is 12.0 Å². The predicted octanol–water partition coefficient (Wildman–Crippen LogP) is 1.60. The number of aliphatic hydroxyl groups is 1. The molecule has 92 valence electrons. The SMILES string of the molecule is Cc1nn(C)c(CNCC(C)(C)CO)c1Br. The molecule has 0 radical (unpaired) electrons. The second-order valence-corrected chi connectivity index (χ2v) is 5.69. The van der Waals surface area contributed by atoms with Crippen molar-refractivity contribution in [2.75, 3.05) is 13.2 Å². The fraction of sp³-hybridized carbons (Fsp3) is 0.727. The van der Waals surface area contributed by atoms with E-state index in [2.05, 4.69) is 26.3 Å². The van der Waals surface area contributed by atoms with Gasteiger partial charge in [0, 0.05) is 32.2 Å². The molecule has 0 bridgehead atoms. The van der Waals surface area contributed by atoms with Crippen molar-refractivity contribution in [1.82, 2.24) is 15.1 Å². The van der Waals surface area contributed by atoms with Crippen LogP contribution in [0.15, 0.2) is 4.47 Å². The largest absolute Gasteiger partial charge is 0.396 e. The van der Waals surface area contributed by atoms with Crippen LogP contribution >= 0.6 is 15.9 Å². The minimum atomic E-state index is -0.0832. The van der Waals surface area contributed by atoms with E-state index in [0.717, 1.165) is 29.0 Å². The molecule has 0 amide bonds. The lowest BCUT2D eigenvalue weighted by molar-refractivity contribution is 0.156. The van der Waals surface area contributed by atoms with Crippen LogP contribution in [0.1, 0.15) is 25.2 Å². The van der Waals surface area contributed by atoms with Crippen LogP contribution in [0, 0.1) is 12.3 Å². The number of hydrogen-bond donors (Lipinski definition) is 2. The first-order chi connectivity index (χ1) is 7.37. The Morgan fingerprint density at radius 2 is 2.12 bits per heavy atom. The molecule has 0 aromatic carbocycles. The van der Waals surface area contributed by atoms with Gasteiger partial charge < -0.3 is 10.4 Å². The average molecular weight is 290 g/mol. The van der Waals surface area contributed by atoms with Crippen molar-refractivity contribution in [2.45, 2.75) is 27.3 Å². The molecule has 0 fully saturated rings. The molecular formula is C11H20BrN3O. The summed E-state index contributed by atoms with van der Waals surface area (Å²) in [6.45, 7) is 7.76. The molecule has 0 unspecified atom stereocenters. The van der Waals surface area contributed by atoms with Gasteiger partial charge in [-0.3, -0.25) is 4.68 Å². The molecule has 0 saturated carbocycles. The summed E-state index contributed by atoms with van der Waals surface area (Å²) in [5.41, 5.74) is 2.05. The number of aliphatic hydroxyl groups excluding tert-OH is 1. The van der Waals surface area contributed by atoms with E-state index in [1.165, 1.54) is 0 Å². The van der Waals surface area contributed by atoms with Gasteiger partial charge in [0.2, 0.25) is 0 Å². The van der Waals surface area contributed by atoms with E-state index < -0.39 is 0 Å². The molecule has 0 aliphatic heterocycles. The zero-order chi connectivity index (χ0) is 12.3. The summed E-state index contributed by atoms with van der Waals surface area (Å²) < 4.78 is 2.93. The number of halogens is 1. The van der Waals surface area contributed by atoms with Crippen molar-refractivity contribution in [3.8, 4) is 0 Å². The van der Waals surface area contributed by atoms with Crippen LogP contribution in [0.3, 0.4) is 0 Å². The molecule has 1 aromatic rings. The third-order valence-electron chi connectivity index (χ3n) is 2.59. The van der Waals surface area contributed by atoms with Gasteiger partial charge in [0.15, 0.2) is 0 Å². The van der Waals surface area contributed by atoms with Crippen LogP contribution < -0.4 is 5.32 Å². The molecule has 16 heavy (non-hydrogen) atoms. The van der Waals surface area contributed by atoms with Crippen LogP contribution in [0.5, 0.6) is 0 Å². The highest BCUT2D eigenvalue weighted by molar-refractivity contribution is 9.10. The Morgan fingerprint density at radius 3 is 2.56 bits per heavy atom. The molecule has 0 saturated heterocycles. The van der Waals surface area contributed by atoms with Crippen molar-refractivity contribution in [3.05, 3.63) is 15.9 Å². The van der Waals surface area contributed by atoms with Gasteiger partial charge >= 0.3 is 0 Å². The van der Waals surface area contributed by atoms with Crippen molar-refractivity contribution in [1.29, 1.82) is 0 Å². The minimum absolute atomic E-state index is 0.0832. The van der Waals surface area contributed by atoms with Crippen molar-refractivity contribution < 1.29 is 5.11 Å². The van der Waals surface area contributed by atoms with Gasteiger partial charge in [-0.1, -0.05) is 13.8 Å². The standard InChI is InChI=1S/C11H20BrN3O/c1-8-10(12)9(15(4)14-8)5-13-6-11(2,3)7-16/h13,16H,5-7H2,1-4H3. The average Bonchev–Trinajstić information content (AvgIpc) is 2.44. The van der Waals surface area contributed by atoms with E-state index >= 15 is 0 Å². The molecule has 2 N–H and O–H groups in total. The first-order valence-electron chi connectivity index (χ1n) is 5.37. The topological polar surface area (TPSA) is 50.1 Å². The number of aryl methyl sites for hydroxylation is 2. The van der Waals surface area contributed by atoms with Crippen LogP contribution in [0.2, 0.25) is 0 Å². The Kier molecular flexibility index (Phi) is 4.52. The smallest absolute Gasteiger partial charge is 0.0739 e. The molecule has 4 nitrogen and oxygen atoms in total.